The van der Waals surface area contributed by atoms with Crippen molar-refractivity contribution in [1.82, 2.24) is 4.90 Å². The molecule has 0 atom stereocenters. The quantitative estimate of drug-likeness (QED) is 0.0970. The topological polar surface area (TPSA) is 83.5 Å². The number of fused-ring (bicyclic) bond motifs is 2. The summed E-state index contributed by atoms with van der Waals surface area (Å²) in [6.45, 7) is 0. The second kappa shape index (κ2) is 15.1. The average Bonchev–Trinajstić information content (AvgIpc) is 3.12. The Hall–Kier alpha value is -4.56. The highest BCUT2D eigenvalue weighted by Gasteiger charge is 2.33. The van der Waals surface area contributed by atoms with Crippen LogP contribution in [0.3, 0.4) is 0 Å². The lowest BCUT2D eigenvalue weighted by molar-refractivity contribution is -0.145. The summed E-state index contributed by atoms with van der Waals surface area (Å²) < 4.78 is 28.2. The largest absolute Gasteiger partial charge is 0.493 e. The molecule has 6 rings (SSSR count). The third-order valence-electron chi connectivity index (χ3n) is 10.1. The van der Waals surface area contributed by atoms with E-state index in [4.69, 9.17) is 23.7 Å². The lowest BCUT2D eigenvalue weighted by Crippen LogP contribution is -2.45. The van der Waals surface area contributed by atoms with Gasteiger partial charge in [-0.05, 0) is 110 Å². The molecule has 0 aliphatic heterocycles. The second-order valence-corrected chi connectivity index (χ2v) is 12.9. The van der Waals surface area contributed by atoms with E-state index >= 15 is 0 Å². The number of hydrogen-bond acceptors (Lipinski definition) is 8. The summed E-state index contributed by atoms with van der Waals surface area (Å²) in [4.78, 5) is 28.8. The van der Waals surface area contributed by atoms with E-state index in [1.54, 1.807) is 39.5 Å². The standard InChI is InChI=1S/C40H45NO7/c1-41(29-14-18-31(19-15-29)47-37(42)22-13-26-23-35(44-2)39(46-4)36(24-26)45-3)30-16-20-32(21-17-30)48-40(43)38-33-11-7-5-9-27(33)25-28-10-6-8-12-34(28)38/h5-13,22-25,29-32H,14-21H2,1-4H3/b22-13+. The maximum absolute atomic E-state index is 13.6. The molecule has 2 aliphatic carbocycles. The molecule has 0 heterocycles. The molecule has 2 fully saturated rings. The number of carbonyl (C=O) groups is 2. The Morgan fingerprint density at radius 2 is 1.17 bits per heavy atom. The Labute approximate surface area is 282 Å². The second-order valence-electron chi connectivity index (χ2n) is 12.9. The first-order valence-electron chi connectivity index (χ1n) is 16.9. The number of ether oxygens (including phenoxy) is 5. The highest BCUT2D eigenvalue weighted by molar-refractivity contribution is 6.16. The van der Waals surface area contributed by atoms with Gasteiger partial charge in [-0.15, -0.1) is 0 Å². The molecule has 0 N–H and O–H groups in total. The van der Waals surface area contributed by atoms with E-state index in [1.165, 1.54) is 6.08 Å². The molecule has 252 valence electrons. The van der Waals surface area contributed by atoms with E-state index in [0.29, 0.717) is 34.9 Å². The lowest BCUT2D eigenvalue weighted by Gasteiger charge is -2.41. The number of benzene rings is 4. The molecular weight excluding hydrogens is 606 g/mol. The minimum Gasteiger partial charge on any atom is -0.493 e. The smallest absolute Gasteiger partial charge is 0.339 e. The Bertz CT molecular complexity index is 1700. The van der Waals surface area contributed by atoms with Gasteiger partial charge in [0, 0.05) is 18.2 Å². The third kappa shape index (κ3) is 7.29. The van der Waals surface area contributed by atoms with Crippen molar-refractivity contribution in [1.29, 1.82) is 0 Å². The van der Waals surface area contributed by atoms with Crippen LogP contribution < -0.4 is 14.2 Å². The zero-order chi connectivity index (χ0) is 33.6. The fourth-order valence-electron chi connectivity index (χ4n) is 7.45. The number of esters is 2. The van der Waals surface area contributed by atoms with Crippen LogP contribution in [0, 0.1) is 0 Å². The number of methoxy groups -OCH3 is 3. The number of rotatable bonds is 10. The molecule has 0 spiro atoms. The summed E-state index contributed by atoms with van der Waals surface area (Å²) in [5.74, 6) is 0.965. The van der Waals surface area contributed by atoms with Gasteiger partial charge >= 0.3 is 11.9 Å². The number of nitrogens with zero attached hydrogens (tertiary/aromatic N) is 1. The first-order chi connectivity index (χ1) is 23.4. The lowest BCUT2D eigenvalue weighted by atomic mass is 9.87. The number of carbonyl (C=O) groups excluding carboxylic acids is 2. The van der Waals surface area contributed by atoms with E-state index in [1.807, 2.05) is 48.5 Å². The van der Waals surface area contributed by atoms with Crippen LogP contribution in [0.4, 0.5) is 0 Å². The van der Waals surface area contributed by atoms with Crippen LogP contribution in [0.2, 0.25) is 0 Å². The molecule has 0 amide bonds. The van der Waals surface area contributed by atoms with Gasteiger partial charge in [-0.2, -0.15) is 0 Å². The minimum absolute atomic E-state index is 0.0804. The van der Waals surface area contributed by atoms with Crippen molar-refractivity contribution in [3.63, 3.8) is 0 Å². The molecule has 8 heteroatoms. The van der Waals surface area contributed by atoms with Crippen molar-refractivity contribution in [3.05, 3.63) is 83.9 Å². The van der Waals surface area contributed by atoms with Crippen molar-refractivity contribution in [2.24, 2.45) is 0 Å². The zero-order valence-corrected chi connectivity index (χ0v) is 28.3. The van der Waals surface area contributed by atoms with Gasteiger partial charge in [-0.1, -0.05) is 48.5 Å². The molecule has 48 heavy (non-hydrogen) atoms. The van der Waals surface area contributed by atoms with E-state index in [0.717, 1.165) is 78.5 Å². The van der Waals surface area contributed by atoms with Crippen molar-refractivity contribution >= 4 is 39.6 Å². The number of hydrogen-bond donors (Lipinski definition) is 0. The van der Waals surface area contributed by atoms with E-state index < -0.39 is 0 Å². The van der Waals surface area contributed by atoms with Crippen LogP contribution in [0.15, 0.2) is 72.8 Å². The van der Waals surface area contributed by atoms with Gasteiger partial charge in [0.1, 0.15) is 12.2 Å². The zero-order valence-electron chi connectivity index (χ0n) is 28.3. The maximum Gasteiger partial charge on any atom is 0.339 e. The molecule has 8 nitrogen and oxygen atoms in total. The Morgan fingerprint density at radius 1 is 0.667 bits per heavy atom. The molecule has 0 aromatic heterocycles. The highest BCUT2D eigenvalue weighted by Crippen LogP contribution is 2.39. The predicted molar refractivity (Wildman–Crippen MR) is 188 cm³/mol. The Kier molecular flexibility index (Phi) is 10.5. The van der Waals surface area contributed by atoms with Crippen LogP contribution in [-0.4, -0.2) is 69.5 Å². The summed E-state index contributed by atoms with van der Waals surface area (Å²) in [5.41, 5.74) is 1.41. The summed E-state index contributed by atoms with van der Waals surface area (Å²) in [6.07, 6.45) is 10.3. The van der Waals surface area contributed by atoms with Crippen molar-refractivity contribution < 1.29 is 33.3 Å². The summed E-state index contributed by atoms with van der Waals surface area (Å²) in [6, 6.07) is 22.7. The van der Waals surface area contributed by atoms with Gasteiger partial charge in [0.15, 0.2) is 11.5 Å². The third-order valence-corrected chi connectivity index (χ3v) is 10.1. The average molecular weight is 652 g/mol. The molecule has 0 bridgehead atoms. The molecule has 4 aromatic carbocycles. The van der Waals surface area contributed by atoms with E-state index in [2.05, 4.69) is 18.0 Å². The van der Waals surface area contributed by atoms with Gasteiger partial charge in [-0.3, -0.25) is 0 Å². The minimum atomic E-state index is -0.357. The monoisotopic (exact) mass is 651 g/mol. The molecule has 2 saturated carbocycles. The van der Waals surface area contributed by atoms with Gasteiger partial charge in [-0.25, -0.2) is 9.59 Å². The van der Waals surface area contributed by atoms with Crippen LogP contribution in [-0.2, 0) is 14.3 Å². The Balaban J connectivity index is 0.978. The molecule has 0 radical (unpaired) electrons. The highest BCUT2D eigenvalue weighted by atomic mass is 16.5. The maximum atomic E-state index is 13.6. The fraction of sp³-hybridized carbons (Fsp3) is 0.400. The predicted octanol–water partition coefficient (Wildman–Crippen LogP) is 7.99. The van der Waals surface area contributed by atoms with Crippen molar-refractivity contribution in [2.75, 3.05) is 28.4 Å². The first-order valence-corrected chi connectivity index (χ1v) is 16.9. The summed E-state index contributed by atoms with van der Waals surface area (Å²) >= 11 is 0. The molecule has 4 aromatic rings. The van der Waals surface area contributed by atoms with E-state index in [-0.39, 0.29) is 24.1 Å². The van der Waals surface area contributed by atoms with Gasteiger partial charge < -0.3 is 28.6 Å². The fourth-order valence-corrected chi connectivity index (χ4v) is 7.45. The van der Waals surface area contributed by atoms with Crippen LogP contribution in [0.1, 0.15) is 67.3 Å². The van der Waals surface area contributed by atoms with Crippen LogP contribution >= 0.6 is 0 Å². The molecule has 0 saturated heterocycles. The van der Waals surface area contributed by atoms with Gasteiger partial charge in [0.25, 0.3) is 0 Å². The van der Waals surface area contributed by atoms with Crippen LogP contribution in [0.5, 0.6) is 17.2 Å². The molecule has 0 unspecified atom stereocenters. The van der Waals surface area contributed by atoms with Gasteiger partial charge in [0.2, 0.25) is 5.75 Å². The van der Waals surface area contributed by atoms with Crippen molar-refractivity contribution in [2.45, 2.75) is 75.7 Å². The molecular formula is C40H45NO7. The normalized spacial score (nSPS) is 21.4. The van der Waals surface area contributed by atoms with Crippen LogP contribution in [0.25, 0.3) is 27.6 Å². The SMILES string of the molecule is COc1cc(/C=C/C(=O)OC2CCC(N(C)C3CCC(OC(=O)c4c5ccccc5cc5ccccc45)CC3)CC2)cc(OC)c1OC. The van der Waals surface area contributed by atoms with E-state index in [9.17, 15) is 9.59 Å². The first kappa shape index (κ1) is 33.3. The summed E-state index contributed by atoms with van der Waals surface area (Å²) in [5, 5.41) is 3.96. The Morgan fingerprint density at radius 3 is 1.67 bits per heavy atom. The molecule has 2 aliphatic rings. The van der Waals surface area contributed by atoms with Gasteiger partial charge in [0.05, 0.1) is 26.9 Å². The summed E-state index contributed by atoms with van der Waals surface area (Å²) in [7, 11) is 6.89. The van der Waals surface area contributed by atoms with Crippen molar-refractivity contribution in [3.8, 4) is 17.2 Å².